The maximum Gasteiger partial charge on any atom is 0.262 e. The molecule has 3 aromatic rings. The van der Waals surface area contributed by atoms with Crippen LogP contribution in [0.25, 0.3) is 10.9 Å². The molecular formula is C18H16N4O3S. The molecule has 1 aromatic heterocycles. The lowest BCUT2D eigenvalue weighted by Gasteiger charge is -2.11. The van der Waals surface area contributed by atoms with E-state index in [1.54, 1.807) is 18.3 Å². The SMILES string of the molecule is CNC(=O)c1c[nH]c2c(NS(=O)(=O)c3cccc(C#N)c3)ccc(C)c12. The number of H-pyrrole nitrogens is 1. The van der Waals surface area contributed by atoms with Crippen LogP contribution in [-0.4, -0.2) is 26.4 Å². The highest BCUT2D eigenvalue weighted by Gasteiger charge is 2.19. The van der Waals surface area contributed by atoms with E-state index in [2.05, 4.69) is 15.0 Å². The number of hydrogen-bond donors (Lipinski definition) is 3. The Morgan fingerprint density at radius 1 is 1.23 bits per heavy atom. The van der Waals surface area contributed by atoms with Crippen LogP contribution in [0.15, 0.2) is 47.5 Å². The molecule has 132 valence electrons. The van der Waals surface area contributed by atoms with Crippen molar-refractivity contribution in [3.63, 3.8) is 0 Å². The molecule has 0 fully saturated rings. The summed E-state index contributed by atoms with van der Waals surface area (Å²) in [6.45, 7) is 1.84. The summed E-state index contributed by atoms with van der Waals surface area (Å²) < 4.78 is 27.9. The second-order valence-electron chi connectivity index (χ2n) is 5.71. The number of aryl methyl sites for hydroxylation is 1. The van der Waals surface area contributed by atoms with Crippen molar-refractivity contribution in [3.8, 4) is 6.07 Å². The molecule has 0 saturated carbocycles. The van der Waals surface area contributed by atoms with Crippen LogP contribution in [0.5, 0.6) is 0 Å². The summed E-state index contributed by atoms with van der Waals surface area (Å²) in [4.78, 5) is 15.0. The van der Waals surface area contributed by atoms with Crippen LogP contribution >= 0.6 is 0 Å². The zero-order valence-electron chi connectivity index (χ0n) is 14.1. The fourth-order valence-electron chi connectivity index (χ4n) is 2.76. The molecule has 2 aromatic carbocycles. The Kier molecular flexibility index (Phi) is 4.40. The number of aromatic amines is 1. The first kappa shape index (κ1) is 17.5. The van der Waals surface area contributed by atoms with Crippen molar-refractivity contribution in [1.82, 2.24) is 10.3 Å². The van der Waals surface area contributed by atoms with E-state index in [0.29, 0.717) is 22.2 Å². The van der Waals surface area contributed by atoms with Crippen molar-refractivity contribution in [1.29, 1.82) is 5.26 Å². The Morgan fingerprint density at radius 3 is 2.69 bits per heavy atom. The van der Waals surface area contributed by atoms with Gasteiger partial charge in [0.05, 0.1) is 33.3 Å². The molecule has 0 aliphatic rings. The molecule has 7 nitrogen and oxygen atoms in total. The van der Waals surface area contributed by atoms with Gasteiger partial charge in [0.15, 0.2) is 0 Å². The van der Waals surface area contributed by atoms with Gasteiger partial charge in [0.2, 0.25) is 0 Å². The molecule has 3 N–H and O–H groups in total. The van der Waals surface area contributed by atoms with Crippen LogP contribution in [0, 0.1) is 18.3 Å². The number of nitriles is 1. The monoisotopic (exact) mass is 368 g/mol. The molecule has 0 saturated heterocycles. The minimum absolute atomic E-state index is 0.0108. The zero-order valence-corrected chi connectivity index (χ0v) is 14.9. The summed E-state index contributed by atoms with van der Waals surface area (Å²) in [5.41, 5.74) is 2.37. The molecule has 1 heterocycles. The van der Waals surface area contributed by atoms with E-state index in [0.717, 1.165) is 5.56 Å². The first-order chi connectivity index (χ1) is 12.4. The number of carbonyl (C=O) groups is 1. The number of anilines is 1. The Morgan fingerprint density at radius 2 is 2.00 bits per heavy atom. The van der Waals surface area contributed by atoms with Crippen molar-refractivity contribution in [3.05, 3.63) is 59.3 Å². The summed E-state index contributed by atoms with van der Waals surface area (Å²) in [6.07, 6.45) is 1.55. The minimum atomic E-state index is -3.89. The number of amides is 1. The van der Waals surface area contributed by atoms with E-state index in [1.165, 1.54) is 31.3 Å². The molecule has 0 aliphatic carbocycles. The molecule has 0 atom stereocenters. The van der Waals surface area contributed by atoms with Gasteiger partial charge in [-0.15, -0.1) is 0 Å². The average Bonchev–Trinajstić information content (AvgIpc) is 3.09. The van der Waals surface area contributed by atoms with E-state index in [-0.39, 0.29) is 16.4 Å². The van der Waals surface area contributed by atoms with Gasteiger partial charge in [0, 0.05) is 18.6 Å². The fraction of sp³-hybridized carbons (Fsp3) is 0.111. The lowest BCUT2D eigenvalue weighted by atomic mass is 10.1. The van der Waals surface area contributed by atoms with Crippen molar-refractivity contribution in [2.24, 2.45) is 0 Å². The lowest BCUT2D eigenvalue weighted by molar-refractivity contribution is 0.0964. The average molecular weight is 368 g/mol. The Balaban J connectivity index is 2.09. The van der Waals surface area contributed by atoms with Gasteiger partial charge in [-0.3, -0.25) is 9.52 Å². The number of nitrogens with one attached hydrogen (secondary N) is 3. The van der Waals surface area contributed by atoms with Crippen molar-refractivity contribution < 1.29 is 13.2 Å². The van der Waals surface area contributed by atoms with Gasteiger partial charge in [-0.25, -0.2) is 8.42 Å². The molecule has 0 radical (unpaired) electrons. The third-order valence-electron chi connectivity index (χ3n) is 4.03. The molecular weight excluding hydrogens is 352 g/mol. The standard InChI is InChI=1S/C18H16N4O3S/c1-11-6-7-15(17-16(11)14(10-21-17)18(23)20-2)22-26(24,25)13-5-3-4-12(8-13)9-19/h3-8,10,21-22H,1-2H3,(H,20,23). The molecule has 0 spiro atoms. The van der Waals surface area contributed by atoms with E-state index >= 15 is 0 Å². The third-order valence-corrected chi connectivity index (χ3v) is 5.40. The predicted octanol–water partition coefficient (Wildman–Crippen LogP) is 2.51. The Labute approximate surface area is 150 Å². The maximum absolute atomic E-state index is 12.7. The number of benzene rings is 2. The zero-order chi connectivity index (χ0) is 18.9. The third kappa shape index (κ3) is 3.00. The molecule has 0 unspecified atom stereocenters. The molecule has 26 heavy (non-hydrogen) atoms. The first-order valence-electron chi connectivity index (χ1n) is 7.73. The quantitative estimate of drug-likeness (QED) is 0.656. The number of aromatic nitrogens is 1. The second-order valence-corrected chi connectivity index (χ2v) is 7.39. The highest BCUT2D eigenvalue weighted by molar-refractivity contribution is 7.92. The fourth-order valence-corrected chi connectivity index (χ4v) is 3.87. The van der Waals surface area contributed by atoms with Gasteiger partial charge in [0.1, 0.15) is 0 Å². The Bertz CT molecular complexity index is 1160. The van der Waals surface area contributed by atoms with E-state index < -0.39 is 10.0 Å². The molecule has 3 rings (SSSR count). The van der Waals surface area contributed by atoms with E-state index in [4.69, 9.17) is 5.26 Å². The molecule has 0 bridgehead atoms. The molecule has 8 heteroatoms. The van der Waals surface area contributed by atoms with Crippen LogP contribution in [0.1, 0.15) is 21.5 Å². The molecule has 1 amide bonds. The minimum Gasteiger partial charge on any atom is -0.359 e. The summed E-state index contributed by atoms with van der Waals surface area (Å²) in [5, 5.41) is 12.2. The topological polar surface area (TPSA) is 115 Å². The van der Waals surface area contributed by atoms with E-state index in [1.807, 2.05) is 13.0 Å². The van der Waals surface area contributed by atoms with Crippen LogP contribution < -0.4 is 10.0 Å². The molecule has 0 aliphatic heterocycles. The number of carbonyl (C=O) groups excluding carboxylic acids is 1. The van der Waals surface area contributed by atoms with Gasteiger partial charge in [-0.05, 0) is 36.8 Å². The smallest absolute Gasteiger partial charge is 0.262 e. The number of nitrogens with zero attached hydrogens (tertiary/aromatic N) is 1. The highest BCUT2D eigenvalue weighted by atomic mass is 32.2. The van der Waals surface area contributed by atoms with Crippen LogP contribution in [0.4, 0.5) is 5.69 Å². The van der Waals surface area contributed by atoms with Crippen molar-refractivity contribution in [2.75, 3.05) is 11.8 Å². The van der Waals surface area contributed by atoms with Crippen molar-refractivity contribution in [2.45, 2.75) is 11.8 Å². The van der Waals surface area contributed by atoms with Gasteiger partial charge < -0.3 is 10.3 Å². The number of fused-ring (bicyclic) bond motifs is 1. The van der Waals surface area contributed by atoms with Gasteiger partial charge in [-0.1, -0.05) is 12.1 Å². The van der Waals surface area contributed by atoms with E-state index in [9.17, 15) is 13.2 Å². The van der Waals surface area contributed by atoms with Crippen LogP contribution in [-0.2, 0) is 10.0 Å². The lowest BCUT2D eigenvalue weighted by Crippen LogP contribution is -2.17. The highest BCUT2D eigenvalue weighted by Crippen LogP contribution is 2.30. The maximum atomic E-state index is 12.7. The summed E-state index contributed by atoms with van der Waals surface area (Å²) in [7, 11) is -2.36. The normalized spacial score (nSPS) is 11.1. The number of hydrogen-bond acceptors (Lipinski definition) is 4. The summed E-state index contributed by atoms with van der Waals surface area (Å²) >= 11 is 0. The predicted molar refractivity (Wildman–Crippen MR) is 98.4 cm³/mol. The van der Waals surface area contributed by atoms with Crippen molar-refractivity contribution >= 4 is 32.5 Å². The largest absolute Gasteiger partial charge is 0.359 e. The van der Waals surface area contributed by atoms with Crippen LogP contribution in [0.2, 0.25) is 0 Å². The summed E-state index contributed by atoms with van der Waals surface area (Å²) in [5.74, 6) is -0.263. The van der Waals surface area contributed by atoms with Crippen LogP contribution in [0.3, 0.4) is 0 Å². The number of rotatable bonds is 4. The van der Waals surface area contributed by atoms with Gasteiger partial charge in [-0.2, -0.15) is 5.26 Å². The van der Waals surface area contributed by atoms with Gasteiger partial charge in [0.25, 0.3) is 15.9 Å². The first-order valence-corrected chi connectivity index (χ1v) is 9.21. The summed E-state index contributed by atoms with van der Waals surface area (Å²) in [6, 6.07) is 11.1. The number of sulfonamides is 1. The second kappa shape index (κ2) is 6.54. The van der Waals surface area contributed by atoms with Gasteiger partial charge >= 0.3 is 0 Å². The Hall–Kier alpha value is -3.31.